The highest BCUT2D eigenvalue weighted by atomic mass is 35.5. The zero-order valence-electron chi connectivity index (χ0n) is 23.3. The Kier molecular flexibility index (Phi) is 8.84. The summed E-state index contributed by atoms with van der Waals surface area (Å²) in [5.41, 5.74) is -2.18. The minimum Gasteiger partial charge on any atom is -0.495 e. The quantitative estimate of drug-likeness (QED) is 0.265. The Morgan fingerprint density at radius 2 is 1.86 bits per heavy atom. The van der Waals surface area contributed by atoms with Gasteiger partial charge in [0, 0.05) is 22.5 Å². The molecule has 3 aromatic rings. The van der Waals surface area contributed by atoms with E-state index in [4.69, 9.17) is 27.9 Å². The molecule has 0 saturated carbocycles. The first-order valence-corrected chi connectivity index (χ1v) is 13.8. The molecule has 7 nitrogen and oxygen atoms in total. The van der Waals surface area contributed by atoms with Gasteiger partial charge in [0.05, 0.1) is 35.5 Å². The Balaban J connectivity index is 1.95. The second-order valence-corrected chi connectivity index (χ2v) is 12.2. The molecule has 4 rings (SSSR count). The summed E-state index contributed by atoms with van der Waals surface area (Å²) >= 11 is 12.2. The van der Waals surface area contributed by atoms with Crippen LogP contribution in [0.3, 0.4) is 0 Å². The number of hydrogen-bond donors (Lipinski definition) is 3. The molecule has 0 radical (unpaired) electrons. The third-order valence-corrected chi connectivity index (χ3v) is 7.96. The number of carboxylic acids is 1. The van der Waals surface area contributed by atoms with E-state index >= 15 is 8.78 Å². The van der Waals surface area contributed by atoms with Crippen molar-refractivity contribution in [1.82, 2.24) is 5.32 Å². The van der Waals surface area contributed by atoms with E-state index in [0.29, 0.717) is 6.42 Å². The van der Waals surface area contributed by atoms with Gasteiger partial charge in [0.25, 0.3) is 0 Å². The summed E-state index contributed by atoms with van der Waals surface area (Å²) in [7, 11) is 1.32. The number of nitrogens with one attached hydrogen (secondary N) is 2. The maximum Gasteiger partial charge on any atom is 0.335 e. The minimum absolute atomic E-state index is 0.0424. The molecule has 1 fully saturated rings. The molecular formula is C31H29Cl2F2N3O4. The van der Waals surface area contributed by atoms with E-state index < -0.39 is 52.3 Å². The molecule has 0 aliphatic carbocycles. The number of hydrogen-bond acceptors (Lipinski definition) is 5. The minimum atomic E-state index is -1.78. The van der Waals surface area contributed by atoms with E-state index in [9.17, 15) is 20.0 Å². The molecule has 1 amide bonds. The van der Waals surface area contributed by atoms with Crippen molar-refractivity contribution in [2.24, 2.45) is 5.41 Å². The van der Waals surface area contributed by atoms with Crippen LogP contribution >= 0.6 is 23.2 Å². The van der Waals surface area contributed by atoms with Gasteiger partial charge >= 0.3 is 5.97 Å². The summed E-state index contributed by atoms with van der Waals surface area (Å²) in [6.45, 7) is 5.81. The number of rotatable bonds is 7. The van der Waals surface area contributed by atoms with E-state index in [2.05, 4.69) is 16.7 Å². The monoisotopic (exact) mass is 615 g/mol. The van der Waals surface area contributed by atoms with Gasteiger partial charge in [-0.25, -0.2) is 13.6 Å². The average Bonchev–Trinajstić information content (AvgIpc) is 3.23. The van der Waals surface area contributed by atoms with Crippen molar-refractivity contribution in [1.29, 1.82) is 5.26 Å². The van der Waals surface area contributed by atoms with Crippen molar-refractivity contribution in [2.75, 3.05) is 12.4 Å². The first-order chi connectivity index (χ1) is 19.7. The van der Waals surface area contributed by atoms with Crippen LogP contribution in [0, 0.1) is 28.4 Å². The lowest BCUT2D eigenvalue weighted by Crippen LogP contribution is -2.45. The fourth-order valence-corrected chi connectivity index (χ4v) is 6.04. The molecule has 0 spiro atoms. The van der Waals surface area contributed by atoms with Crippen molar-refractivity contribution in [2.45, 2.75) is 50.6 Å². The number of benzene rings is 3. The third-order valence-electron chi connectivity index (χ3n) is 7.44. The van der Waals surface area contributed by atoms with Gasteiger partial charge < -0.3 is 20.5 Å². The first kappa shape index (κ1) is 31.2. The highest BCUT2D eigenvalue weighted by Gasteiger charge is 2.61. The number of carbonyl (C=O) groups is 2. The van der Waals surface area contributed by atoms with E-state index in [1.807, 2.05) is 20.8 Å². The number of carboxylic acid groups (broad SMARTS) is 1. The highest BCUT2D eigenvalue weighted by molar-refractivity contribution is 6.31. The molecular weight excluding hydrogens is 587 g/mol. The Bertz CT molecular complexity index is 1590. The largest absolute Gasteiger partial charge is 0.495 e. The van der Waals surface area contributed by atoms with E-state index in [-0.39, 0.29) is 38.2 Å². The number of anilines is 1. The molecule has 1 heterocycles. The van der Waals surface area contributed by atoms with Crippen LogP contribution in [0.1, 0.15) is 54.6 Å². The molecule has 1 saturated heterocycles. The van der Waals surface area contributed by atoms with Gasteiger partial charge in [-0.05, 0) is 53.8 Å². The van der Waals surface area contributed by atoms with E-state index in [1.54, 1.807) is 0 Å². The lowest BCUT2D eigenvalue weighted by atomic mass is 9.62. The van der Waals surface area contributed by atoms with Gasteiger partial charge in [-0.2, -0.15) is 5.26 Å². The molecule has 1 aliphatic heterocycles. The molecule has 1 aliphatic rings. The number of aromatic carboxylic acids is 1. The van der Waals surface area contributed by atoms with Gasteiger partial charge in [0.2, 0.25) is 5.91 Å². The number of nitriles is 1. The predicted molar refractivity (Wildman–Crippen MR) is 156 cm³/mol. The number of nitrogens with zero attached hydrogens (tertiary/aromatic N) is 1. The summed E-state index contributed by atoms with van der Waals surface area (Å²) in [4.78, 5) is 25.5. The number of halogens is 4. The Morgan fingerprint density at radius 1 is 1.14 bits per heavy atom. The van der Waals surface area contributed by atoms with Gasteiger partial charge in [0.15, 0.2) is 0 Å². The molecule has 220 valence electrons. The standard InChI is InChI=1S/C31H29Cl2F2N3O4/c1-30(2,3)14-24-31(15-36,19-10-9-17(32)13-21(19)34)25(18-6-5-7-20(33)26(18)35)27(38-24)28(39)37-22-11-8-16(29(40)41)12-23(22)42-4/h5-13,24-25,27,38H,14H2,1-4H3,(H,37,39)(H,40,41)/t24?,25?,27-,31?/m1/s1. The van der Waals surface area contributed by atoms with Crippen LogP contribution in [-0.4, -0.2) is 36.2 Å². The molecule has 11 heteroatoms. The lowest BCUT2D eigenvalue weighted by molar-refractivity contribution is -0.118. The summed E-state index contributed by atoms with van der Waals surface area (Å²) in [5.74, 6) is -4.65. The zero-order chi connectivity index (χ0) is 31.0. The number of ether oxygens (including phenoxy) is 1. The highest BCUT2D eigenvalue weighted by Crippen LogP contribution is 2.53. The van der Waals surface area contributed by atoms with Crippen molar-refractivity contribution in [3.05, 3.63) is 93.0 Å². The average molecular weight is 616 g/mol. The smallest absolute Gasteiger partial charge is 0.335 e. The fraction of sp³-hybridized carbons (Fsp3) is 0.323. The SMILES string of the molecule is COc1cc(C(=O)O)ccc1NC(=O)[C@@H]1NC(CC(C)(C)C)C(C#N)(c2ccc(Cl)cc2F)C1c1cccc(Cl)c1F. The van der Waals surface area contributed by atoms with Crippen LogP contribution in [0.25, 0.3) is 0 Å². The van der Waals surface area contributed by atoms with Crippen molar-refractivity contribution in [3.63, 3.8) is 0 Å². The molecule has 4 atom stereocenters. The first-order valence-electron chi connectivity index (χ1n) is 13.0. The van der Waals surface area contributed by atoms with Crippen molar-refractivity contribution in [3.8, 4) is 11.8 Å². The molecule has 3 aromatic carbocycles. The maximum atomic E-state index is 15.8. The summed E-state index contributed by atoms with van der Waals surface area (Å²) in [5, 5.41) is 26.1. The zero-order valence-corrected chi connectivity index (χ0v) is 24.8. The topological polar surface area (TPSA) is 111 Å². The van der Waals surface area contributed by atoms with Gasteiger partial charge in [0.1, 0.15) is 22.8 Å². The molecule has 3 N–H and O–H groups in total. The predicted octanol–water partition coefficient (Wildman–Crippen LogP) is 6.94. The fourth-order valence-electron chi connectivity index (χ4n) is 5.69. The second-order valence-electron chi connectivity index (χ2n) is 11.4. The summed E-state index contributed by atoms with van der Waals surface area (Å²) in [6.07, 6.45) is 0.307. The number of methoxy groups -OCH3 is 1. The Hall–Kier alpha value is -3.71. The summed E-state index contributed by atoms with van der Waals surface area (Å²) in [6, 6.07) is 12.3. The Labute approximate surface area is 252 Å². The van der Waals surface area contributed by atoms with Crippen LogP contribution < -0.4 is 15.4 Å². The second kappa shape index (κ2) is 11.9. The number of amides is 1. The van der Waals surface area contributed by atoms with Crippen LogP contribution in [-0.2, 0) is 10.2 Å². The lowest BCUT2D eigenvalue weighted by Gasteiger charge is -2.37. The van der Waals surface area contributed by atoms with Crippen LogP contribution in [0.2, 0.25) is 10.0 Å². The van der Waals surface area contributed by atoms with E-state index in [0.717, 1.165) is 6.07 Å². The van der Waals surface area contributed by atoms with Crippen molar-refractivity contribution >= 4 is 40.8 Å². The van der Waals surface area contributed by atoms with Gasteiger partial charge in [-0.15, -0.1) is 0 Å². The summed E-state index contributed by atoms with van der Waals surface area (Å²) < 4.78 is 36.8. The normalized spacial score (nSPS) is 21.9. The van der Waals surface area contributed by atoms with Crippen LogP contribution in [0.5, 0.6) is 5.75 Å². The van der Waals surface area contributed by atoms with Gasteiger partial charge in [-0.3, -0.25) is 4.79 Å². The maximum absolute atomic E-state index is 15.8. The van der Waals surface area contributed by atoms with Crippen molar-refractivity contribution < 1.29 is 28.2 Å². The van der Waals surface area contributed by atoms with Gasteiger partial charge in [-0.1, -0.05) is 62.2 Å². The van der Waals surface area contributed by atoms with Crippen LogP contribution in [0.4, 0.5) is 14.5 Å². The third kappa shape index (κ3) is 5.80. The van der Waals surface area contributed by atoms with Crippen LogP contribution in [0.15, 0.2) is 54.6 Å². The molecule has 0 bridgehead atoms. The molecule has 0 aromatic heterocycles. The Morgan fingerprint density at radius 3 is 2.45 bits per heavy atom. The molecule has 42 heavy (non-hydrogen) atoms. The van der Waals surface area contributed by atoms with E-state index in [1.165, 1.54) is 55.6 Å². The number of carbonyl (C=O) groups excluding carboxylic acids is 1. The molecule has 3 unspecified atom stereocenters.